The highest BCUT2D eigenvalue weighted by atomic mass is 35.5. The van der Waals surface area contributed by atoms with Gasteiger partial charge in [-0.3, -0.25) is 4.79 Å². The molecule has 0 aliphatic heterocycles. The molecule has 2 atom stereocenters. The largest absolute Gasteiger partial charge is 0.393 e. The van der Waals surface area contributed by atoms with E-state index in [4.69, 9.17) is 11.6 Å². The number of hydrogen-bond acceptors (Lipinski definition) is 4. The lowest BCUT2D eigenvalue weighted by Gasteiger charge is -2.27. The van der Waals surface area contributed by atoms with Crippen molar-refractivity contribution in [1.29, 1.82) is 0 Å². The molecule has 0 aromatic carbocycles. The zero-order valence-corrected chi connectivity index (χ0v) is 9.50. The van der Waals surface area contributed by atoms with Crippen molar-refractivity contribution >= 4 is 17.3 Å². The Morgan fingerprint density at radius 1 is 1.56 bits per heavy atom. The van der Waals surface area contributed by atoms with Crippen LogP contribution in [0.3, 0.4) is 0 Å². The molecule has 3 N–H and O–H groups in total. The van der Waals surface area contributed by atoms with Gasteiger partial charge in [0.15, 0.2) is 0 Å². The van der Waals surface area contributed by atoms with Crippen LogP contribution >= 0.6 is 11.6 Å². The van der Waals surface area contributed by atoms with Crippen molar-refractivity contribution in [3.63, 3.8) is 0 Å². The molecule has 1 aliphatic rings. The van der Waals surface area contributed by atoms with Crippen molar-refractivity contribution in [2.45, 2.75) is 37.8 Å². The van der Waals surface area contributed by atoms with E-state index in [1.807, 2.05) is 0 Å². The Morgan fingerprint density at radius 2 is 2.38 bits per heavy atom. The molecule has 0 radical (unpaired) electrons. The van der Waals surface area contributed by atoms with Gasteiger partial charge in [0.05, 0.1) is 18.0 Å². The summed E-state index contributed by atoms with van der Waals surface area (Å²) in [7, 11) is 0. The van der Waals surface area contributed by atoms with E-state index >= 15 is 0 Å². The number of aliphatic hydroxyl groups excluding tert-OH is 1. The Hall–Kier alpha value is -1.07. The third-order valence-corrected chi connectivity index (χ3v) is 3.18. The molecule has 2 unspecified atom stereocenters. The van der Waals surface area contributed by atoms with E-state index in [-0.39, 0.29) is 17.2 Å². The van der Waals surface area contributed by atoms with Crippen molar-refractivity contribution in [2.24, 2.45) is 0 Å². The number of aromatic amines is 1. The first-order valence-electron chi connectivity index (χ1n) is 5.34. The molecule has 0 amide bonds. The molecule has 1 aliphatic carbocycles. The summed E-state index contributed by atoms with van der Waals surface area (Å²) < 4.78 is 0. The maximum atomic E-state index is 11.2. The molecule has 1 aromatic rings. The standard InChI is InChI=1S/C10H14ClN3O2/c11-9-8(5-12-14-10(9)16)13-6-2-1-3-7(15)4-6/h5-7,15H,1-4H2,(H2,13,14,16). The SMILES string of the molecule is O=c1[nH]ncc(NC2CCCC(O)C2)c1Cl. The lowest BCUT2D eigenvalue weighted by Crippen LogP contribution is -2.30. The molecule has 1 fully saturated rings. The Morgan fingerprint density at radius 3 is 3.12 bits per heavy atom. The molecule has 1 aromatic heterocycles. The topological polar surface area (TPSA) is 78.0 Å². The number of halogens is 1. The Labute approximate surface area is 97.8 Å². The van der Waals surface area contributed by atoms with Crippen LogP contribution in [0, 0.1) is 0 Å². The number of aliphatic hydroxyl groups is 1. The van der Waals surface area contributed by atoms with Crippen LogP contribution in [0.5, 0.6) is 0 Å². The summed E-state index contributed by atoms with van der Waals surface area (Å²) in [5, 5.41) is 18.7. The fraction of sp³-hybridized carbons (Fsp3) is 0.600. The van der Waals surface area contributed by atoms with Gasteiger partial charge in [0.1, 0.15) is 5.02 Å². The van der Waals surface area contributed by atoms with Gasteiger partial charge in [0.2, 0.25) is 0 Å². The van der Waals surface area contributed by atoms with E-state index in [9.17, 15) is 9.90 Å². The molecule has 16 heavy (non-hydrogen) atoms. The maximum absolute atomic E-state index is 11.2. The van der Waals surface area contributed by atoms with Crippen LogP contribution in [-0.2, 0) is 0 Å². The molecule has 0 saturated heterocycles. The first-order chi connectivity index (χ1) is 7.66. The van der Waals surface area contributed by atoms with Crippen molar-refractivity contribution in [3.05, 3.63) is 21.6 Å². The zero-order chi connectivity index (χ0) is 11.5. The van der Waals surface area contributed by atoms with Gasteiger partial charge in [0, 0.05) is 6.04 Å². The summed E-state index contributed by atoms with van der Waals surface area (Å²) in [6, 6.07) is 0.157. The molecule has 2 rings (SSSR count). The predicted octanol–water partition coefficient (Wildman–Crippen LogP) is 1.14. The number of aromatic nitrogens is 2. The summed E-state index contributed by atoms with van der Waals surface area (Å²) in [6.45, 7) is 0. The van der Waals surface area contributed by atoms with E-state index < -0.39 is 5.56 Å². The summed E-state index contributed by atoms with van der Waals surface area (Å²) in [4.78, 5) is 11.2. The smallest absolute Gasteiger partial charge is 0.285 e. The van der Waals surface area contributed by atoms with Gasteiger partial charge in [-0.2, -0.15) is 5.10 Å². The molecule has 0 spiro atoms. The van der Waals surface area contributed by atoms with Crippen molar-refractivity contribution in [1.82, 2.24) is 10.2 Å². The van der Waals surface area contributed by atoms with E-state index in [2.05, 4.69) is 15.5 Å². The lowest BCUT2D eigenvalue weighted by atomic mass is 9.93. The average molecular weight is 244 g/mol. The van der Waals surface area contributed by atoms with Crippen LogP contribution < -0.4 is 10.9 Å². The maximum Gasteiger partial charge on any atom is 0.285 e. The molecule has 1 saturated carbocycles. The van der Waals surface area contributed by atoms with Gasteiger partial charge < -0.3 is 10.4 Å². The minimum absolute atomic E-state index is 0.120. The van der Waals surface area contributed by atoms with E-state index in [0.29, 0.717) is 12.1 Å². The lowest BCUT2D eigenvalue weighted by molar-refractivity contribution is 0.124. The highest BCUT2D eigenvalue weighted by Gasteiger charge is 2.20. The fourth-order valence-corrected chi connectivity index (χ4v) is 2.14. The van der Waals surface area contributed by atoms with Crippen LogP contribution in [0.4, 0.5) is 5.69 Å². The first-order valence-corrected chi connectivity index (χ1v) is 5.72. The number of nitrogens with one attached hydrogen (secondary N) is 2. The third-order valence-electron chi connectivity index (χ3n) is 2.80. The van der Waals surface area contributed by atoms with E-state index in [1.165, 1.54) is 6.20 Å². The quantitative estimate of drug-likeness (QED) is 0.728. The molecule has 0 bridgehead atoms. The van der Waals surface area contributed by atoms with Crippen molar-refractivity contribution < 1.29 is 5.11 Å². The third kappa shape index (κ3) is 2.54. The monoisotopic (exact) mass is 243 g/mol. The van der Waals surface area contributed by atoms with Gasteiger partial charge in [-0.15, -0.1) is 0 Å². The van der Waals surface area contributed by atoms with Gasteiger partial charge in [-0.05, 0) is 25.7 Å². The summed E-state index contributed by atoms with van der Waals surface area (Å²) in [6.07, 6.45) is 4.71. The Kier molecular flexibility index (Phi) is 3.46. The molecule has 5 nitrogen and oxygen atoms in total. The minimum Gasteiger partial charge on any atom is -0.393 e. The number of H-pyrrole nitrogens is 1. The predicted molar refractivity (Wildman–Crippen MR) is 61.8 cm³/mol. The van der Waals surface area contributed by atoms with Crippen LogP contribution in [0.1, 0.15) is 25.7 Å². The number of nitrogens with zero attached hydrogens (tertiary/aromatic N) is 1. The van der Waals surface area contributed by atoms with Gasteiger partial charge in [-0.1, -0.05) is 11.6 Å². The van der Waals surface area contributed by atoms with Gasteiger partial charge in [-0.25, -0.2) is 5.10 Å². The first kappa shape index (κ1) is 11.4. The van der Waals surface area contributed by atoms with Crippen LogP contribution in [0.2, 0.25) is 5.02 Å². The van der Waals surface area contributed by atoms with Crippen molar-refractivity contribution in [3.8, 4) is 0 Å². The fourth-order valence-electron chi connectivity index (χ4n) is 2.00. The molecule has 6 heteroatoms. The average Bonchev–Trinajstić information content (AvgIpc) is 2.25. The van der Waals surface area contributed by atoms with Crippen LogP contribution in [-0.4, -0.2) is 27.4 Å². The highest BCUT2D eigenvalue weighted by Crippen LogP contribution is 2.23. The number of hydrogen-bond donors (Lipinski definition) is 3. The van der Waals surface area contributed by atoms with E-state index in [1.54, 1.807) is 0 Å². The molecule has 1 heterocycles. The summed E-state index contributed by atoms with van der Waals surface area (Å²) in [5.41, 5.74) is 0.132. The second-order valence-electron chi connectivity index (χ2n) is 4.09. The zero-order valence-electron chi connectivity index (χ0n) is 8.74. The van der Waals surface area contributed by atoms with Crippen LogP contribution in [0.15, 0.2) is 11.0 Å². The second kappa shape index (κ2) is 4.84. The molecular formula is C10H14ClN3O2. The Balaban J connectivity index is 2.08. The number of anilines is 1. The summed E-state index contributed by atoms with van der Waals surface area (Å²) >= 11 is 5.84. The van der Waals surface area contributed by atoms with Crippen molar-refractivity contribution in [2.75, 3.05) is 5.32 Å². The van der Waals surface area contributed by atoms with Crippen LogP contribution in [0.25, 0.3) is 0 Å². The normalized spacial score (nSPS) is 25.4. The minimum atomic E-state index is -0.400. The van der Waals surface area contributed by atoms with Gasteiger partial charge in [0.25, 0.3) is 5.56 Å². The molecular weight excluding hydrogens is 230 g/mol. The van der Waals surface area contributed by atoms with Gasteiger partial charge >= 0.3 is 0 Å². The molecule has 88 valence electrons. The Bertz CT molecular complexity index is 421. The summed E-state index contributed by atoms with van der Waals surface area (Å²) in [5.74, 6) is 0. The second-order valence-corrected chi connectivity index (χ2v) is 4.47. The van der Waals surface area contributed by atoms with E-state index in [0.717, 1.165) is 19.3 Å². The number of rotatable bonds is 2. The highest BCUT2D eigenvalue weighted by molar-refractivity contribution is 6.32.